The Balaban J connectivity index is 2.68. The van der Waals surface area contributed by atoms with Crippen LogP contribution in [0.5, 0.6) is 0 Å². The molecule has 1 saturated heterocycles. The van der Waals surface area contributed by atoms with Gasteiger partial charge in [0, 0.05) is 19.5 Å². The van der Waals surface area contributed by atoms with Gasteiger partial charge in [-0.15, -0.1) is 0 Å². The van der Waals surface area contributed by atoms with Crippen molar-refractivity contribution < 1.29 is 9.53 Å². The molecule has 0 aromatic rings. The van der Waals surface area contributed by atoms with Crippen LogP contribution in [0.3, 0.4) is 0 Å². The van der Waals surface area contributed by atoms with E-state index in [1.807, 2.05) is 6.08 Å². The van der Waals surface area contributed by atoms with Gasteiger partial charge in [-0.1, -0.05) is 33.3 Å². The van der Waals surface area contributed by atoms with E-state index >= 15 is 0 Å². The molecule has 1 unspecified atom stereocenters. The van der Waals surface area contributed by atoms with Crippen LogP contribution < -0.4 is 0 Å². The fraction of sp³-hybridized carbons (Fsp3) is 0.769. The standard InChI is InChI=1S/C13H23NO2/c1-6-8-13(10-16-13)12(2,3)9-7-11(15)14(4)5/h7,9H,6,8,10H2,1-5H3/b9-7+. The van der Waals surface area contributed by atoms with Gasteiger partial charge in [-0.3, -0.25) is 4.79 Å². The van der Waals surface area contributed by atoms with Crippen molar-refractivity contribution in [2.24, 2.45) is 5.41 Å². The molecule has 0 spiro atoms. The molecule has 0 aliphatic carbocycles. The molecule has 1 amide bonds. The molecule has 3 heteroatoms. The summed E-state index contributed by atoms with van der Waals surface area (Å²) in [5.74, 6) is 0.0281. The maximum Gasteiger partial charge on any atom is 0.245 e. The monoisotopic (exact) mass is 225 g/mol. The lowest BCUT2D eigenvalue weighted by Gasteiger charge is -2.28. The quantitative estimate of drug-likeness (QED) is 0.531. The summed E-state index contributed by atoms with van der Waals surface area (Å²) in [6, 6.07) is 0. The second-order valence-corrected chi connectivity index (χ2v) is 5.32. The van der Waals surface area contributed by atoms with E-state index in [4.69, 9.17) is 4.74 Å². The second kappa shape index (κ2) is 4.58. The van der Waals surface area contributed by atoms with Crippen molar-refractivity contribution in [2.75, 3.05) is 20.7 Å². The van der Waals surface area contributed by atoms with Crippen molar-refractivity contribution in [1.82, 2.24) is 4.90 Å². The molecule has 0 aromatic carbocycles. The Hall–Kier alpha value is -0.830. The second-order valence-electron chi connectivity index (χ2n) is 5.32. The highest BCUT2D eigenvalue weighted by molar-refractivity contribution is 5.87. The van der Waals surface area contributed by atoms with Gasteiger partial charge < -0.3 is 9.64 Å². The molecule has 1 heterocycles. The fourth-order valence-corrected chi connectivity index (χ4v) is 1.91. The van der Waals surface area contributed by atoms with Crippen LogP contribution in [0.1, 0.15) is 33.6 Å². The molecule has 3 nitrogen and oxygen atoms in total. The molecule has 1 atom stereocenters. The summed E-state index contributed by atoms with van der Waals surface area (Å²) in [5, 5.41) is 0. The number of carbonyl (C=O) groups is 1. The average Bonchev–Trinajstić information content (AvgIpc) is 2.96. The third kappa shape index (κ3) is 2.64. The van der Waals surface area contributed by atoms with E-state index in [0.717, 1.165) is 19.4 Å². The highest BCUT2D eigenvalue weighted by atomic mass is 16.6. The van der Waals surface area contributed by atoms with Crippen molar-refractivity contribution in [2.45, 2.75) is 39.2 Å². The SMILES string of the molecule is CCCC1(C(C)(C)/C=C/C(=O)N(C)C)CO1. The van der Waals surface area contributed by atoms with Gasteiger partial charge in [0.15, 0.2) is 0 Å². The zero-order valence-corrected chi connectivity index (χ0v) is 11.0. The molecular weight excluding hydrogens is 202 g/mol. The molecule has 0 bridgehead atoms. The van der Waals surface area contributed by atoms with Gasteiger partial charge in [0.05, 0.1) is 6.61 Å². The van der Waals surface area contributed by atoms with Crippen molar-refractivity contribution >= 4 is 5.91 Å². The van der Waals surface area contributed by atoms with Crippen LogP contribution in [0.25, 0.3) is 0 Å². The largest absolute Gasteiger partial charge is 0.369 e. The molecule has 1 rings (SSSR count). The summed E-state index contributed by atoms with van der Waals surface area (Å²) in [4.78, 5) is 13.1. The number of hydrogen-bond acceptors (Lipinski definition) is 2. The molecule has 0 aromatic heterocycles. The summed E-state index contributed by atoms with van der Waals surface area (Å²) in [6.45, 7) is 7.24. The third-order valence-electron chi connectivity index (χ3n) is 3.40. The number of hydrogen-bond donors (Lipinski definition) is 0. The first-order chi connectivity index (χ1) is 7.34. The number of epoxide rings is 1. The number of likely N-dealkylation sites (N-methyl/N-ethyl adjacent to an activating group) is 1. The van der Waals surface area contributed by atoms with Gasteiger partial charge in [-0.2, -0.15) is 0 Å². The van der Waals surface area contributed by atoms with Gasteiger partial charge in [-0.25, -0.2) is 0 Å². The zero-order chi connectivity index (χ0) is 12.4. The smallest absolute Gasteiger partial charge is 0.245 e. The van der Waals surface area contributed by atoms with Crippen LogP contribution in [0.4, 0.5) is 0 Å². The normalized spacial score (nSPS) is 24.8. The molecule has 1 aliphatic rings. The van der Waals surface area contributed by atoms with Crippen molar-refractivity contribution in [1.29, 1.82) is 0 Å². The van der Waals surface area contributed by atoms with E-state index in [1.54, 1.807) is 25.1 Å². The topological polar surface area (TPSA) is 32.8 Å². The number of amides is 1. The van der Waals surface area contributed by atoms with Gasteiger partial charge in [0.25, 0.3) is 0 Å². The summed E-state index contributed by atoms with van der Waals surface area (Å²) < 4.78 is 5.62. The van der Waals surface area contributed by atoms with Crippen LogP contribution in [-0.4, -0.2) is 37.1 Å². The third-order valence-corrected chi connectivity index (χ3v) is 3.40. The van der Waals surface area contributed by atoms with E-state index in [-0.39, 0.29) is 16.9 Å². The van der Waals surface area contributed by atoms with Crippen LogP contribution >= 0.6 is 0 Å². The first-order valence-corrected chi connectivity index (χ1v) is 5.89. The number of rotatable bonds is 5. The molecule has 92 valence electrons. The van der Waals surface area contributed by atoms with Crippen molar-refractivity contribution in [3.63, 3.8) is 0 Å². The Kier molecular flexibility index (Phi) is 3.79. The van der Waals surface area contributed by atoms with E-state index in [1.165, 1.54) is 0 Å². The summed E-state index contributed by atoms with van der Waals surface area (Å²) in [5.41, 5.74) is -0.112. The first kappa shape index (κ1) is 13.2. The Labute approximate surface area is 98.5 Å². The summed E-state index contributed by atoms with van der Waals surface area (Å²) >= 11 is 0. The van der Waals surface area contributed by atoms with Crippen molar-refractivity contribution in [3.05, 3.63) is 12.2 Å². The highest BCUT2D eigenvalue weighted by Gasteiger charge is 2.54. The molecule has 1 aliphatic heterocycles. The van der Waals surface area contributed by atoms with E-state index in [0.29, 0.717) is 0 Å². The Morgan fingerprint density at radius 1 is 1.50 bits per heavy atom. The zero-order valence-electron chi connectivity index (χ0n) is 11.0. The Bertz CT molecular complexity index is 288. The minimum atomic E-state index is -0.0747. The molecule has 0 saturated carbocycles. The Morgan fingerprint density at radius 3 is 2.44 bits per heavy atom. The maximum absolute atomic E-state index is 11.5. The molecule has 0 N–H and O–H groups in total. The van der Waals surface area contributed by atoms with Crippen LogP contribution in [0.15, 0.2) is 12.2 Å². The lowest BCUT2D eigenvalue weighted by atomic mass is 9.76. The van der Waals surface area contributed by atoms with Gasteiger partial charge >= 0.3 is 0 Å². The molecular formula is C13H23NO2. The number of ether oxygens (including phenoxy) is 1. The predicted molar refractivity (Wildman–Crippen MR) is 65.2 cm³/mol. The minimum Gasteiger partial charge on any atom is -0.369 e. The van der Waals surface area contributed by atoms with Gasteiger partial charge in [0.2, 0.25) is 5.91 Å². The van der Waals surface area contributed by atoms with Crippen molar-refractivity contribution in [3.8, 4) is 0 Å². The molecule has 1 fully saturated rings. The van der Waals surface area contributed by atoms with Crippen LogP contribution in [0.2, 0.25) is 0 Å². The average molecular weight is 225 g/mol. The van der Waals surface area contributed by atoms with E-state index < -0.39 is 0 Å². The fourth-order valence-electron chi connectivity index (χ4n) is 1.91. The summed E-state index contributed by atoms with van der Waals surface area (Å²) in [7, 11) is 3.52. The molecule has 0 radical (unpaired) electrons. The number of nitrogens with zero attached hydrogens (tertiary/aromatic N) is 1. The highest BCUT2D eigenvalue weighted by Crippen LogP contribution is 2.48. The summed E-state index contributed by atoms with van der Waals surface area (Å²) in [6.07, 6.45) is 5.80. The van der Waals surface area contributed by atoms with Crippen LogP contribution in [-0.2, 0) is 9.53 Å². The maximum atomic E-state index is 11.5. The van der Waals surface area contributed by atoms with E-state index in [9.17, 15) is 4.79 Å². The Morgan fingerprint density at radius 2 is 2.06 bits per heavy atom. The van der Waals surface area contributed by atoms with Gasteiger partial charge in [-0.05, 0) is 12.5 Å². The van der Waals surface area contributed by atoms with Gasteiger partial charge in [0.1, 0.15) is 5.60 Å². The van der Waals surface area contributed by atoms with E-state index in [2.05, 4.69) is 20.8 Å². The number of carbonyl (C=O) groups excluding carboxylic acids is 1. The molecule has 16 heavy (non-hydrogen) atoms. The minimum absolute atomic E-state index is 0.0281. The predicted octanol–water partition coefficient (Wildman–Crippen LogP) is 2.23. The lowest BCUT2D eigenvalue weighted by molar-refractivity contribution is -0.123. The van der Waals surface area contributed by atoms with Crippen LogP contribution in [0, 0.1) is 5.41 Å². The first-order valence-electron chi connectivity index (χ1n) is 5.89. The lowest BCUT2D eigenvalue weighted by Crippen LogP contribution is -2.32.